The molecule has 0 bridgehead atoms. The Balaban J connectivity index is 2.37. The summed E-state index contributed by atoms with van der Waals surface area (Å²) in [5, 5.41) is 10.4. The van der Waals surface area contributed by atoms with Gasteiger partial charge in [0, 0.05) is 13.0 Å². The number of hydrogen-bond donors (Lipinski definition) is 2. The molecule has 1 aliphatic rings. The van der Waals surface area contributed by atoms with Crippen LogP contribution in [0.3, 0.4) is 0 Å². The normalized spacial score (nSPS) is 29.0. The van der Waals surface area contributed by atoms with Crippen LogP contribution in [0.4, 0.5) is 0 Å². The lowest BCUT2D eigenvalue weighted by Gasteiger charge is -2.03. The number of rotatable bonds is 0. The van der Waals surface area contributed by atoms with Crippen molar-refractivity contribution in [1.29, 1.82) is 5.41 Å². The third kappa shape index (κ3) is 2.04. The van der Waals surface area contributed by atoms with Gasteiger partial charge >= 0.3 is 0 Å². The predicted molar refractivity (Wildman–Crippen MR) is 38.7 cm³/mol. The Morgan fingerprint density at radius 3 is 3.22 bits per heavy atom. The molecule has 0 aromatic carbocycles. The zero-order chi connectivity index (χ0) is 6.69. The Morgan fingerprint density at radius 1 is 1.67 bits per heavy atom. The molecule has 0 aromatic rings. The van der Waals surface area contributed by atoms with Crippen molar-refractivity contribution in [3.8, 4) is 0 Å². The number of nitrogens with one attached hydrogen (secondary N) is 2. The molecule has 0 saturated carbocycles. The van der Waals surface area contributed by atoms with Gasteiger partial charge in [-0.2, -0.15) is 0 Å². The van der Waals surface area contributed by atoms with Gasteiger partial charge in [0.1, 0.15) is 0 Å². The van der Waals surface area contributed by atoms with E-state index >= 15 is 0 Å². The van der Waals surface area contributed by atoms with Crippen molar-refractivity contribution in [1.82, 2.24) is 5.32 Å². The van der Waals surface area contributed by atoms with Crippen molar-refractivity contribution in [2.45, 2.75) is 26.2 Å². The van der Waals surface area contributed by atoms with Gasteiger partial charge in [0.05, 0.1) is 5.84 Å². The minimum Gasteiger partial charge on any atom is -0.374 e. The maximum absolute atomic E-state index is 7.35. The third-order valence-corrected chi connectivity index (χ3v) is 1.76. The first-order valence-electron chi connectivity index (χ1n) is 3.60. The summed E-state index contributed by atoms with van der Waals surface area (Å²) in [6, 6.07) is 0. The Kier molecular flexibility index (Phi) is 2.09. The van der Waals surface area contributed by atoms with E-state index in [0.29, 0.717) is 5.92 Å². The van der Waals surface area contributed by atoms with Crippen LogP contribution in [0.25, 0.3) is 0 Å². The van der Waals surface area contributed by atoms with Crippen molar-refractivity contribution >= 4 is 5.84 Å². The first kappa shape index (κ1) is 6.59. The van der Waals surface area contributed by atoms with E-state index in [1.807, 2.05) is 0 Å². The minimum atomic E-state index is 0.715. The monoisotopic (exact) mass is 126 g/mol. The minimum absolute atomic E-state index is 0.715. The lowest BCUT2D eigenvalue weighted by Crippen LogP contribution is -2.21. The highest BCUT2D eigenvalue weighted by Crippen LogP contribution is 2.11. The lowest BCUT2D eigenvalue weighted by molar-refractivity contribution is 0.549. The van der Waals surface area contributed by atoms with Crippen molar-refractivity contribution < 1.29 is 0 Å². The SMILES string of the molecule is C[C@@H]1CCCNC(=N)C1. The molecule has 1 heterocycles. The Labute approximate surface area is 56.2 Å². The molecule has 2 heteroatoms. The molecule has 0 spiro atoms. The molecule has 0 amide bonds. The van der Waals surface area contributed by atoms with Gasteiger partial charge in [-0.05, 0) is 18.8 Å². The van der Waals surface area contributed by atoms with Crippen molar-refractivity contribution in [3.63, 3.8) is 0 Å². The van der Waals surface area contributed by atoms with Gasteiger partial charge < -0.3 is 5.32 Å². The fourth-order valence-corrected chi connectivity index (χ4v) is 1.21. The standard InChI is InChI=1S/C7H14N2/c1-6-3-2-4-9-7(8)5-6/h6H,2-5H2,1H3,(H2,8,9)/t6-/m1/s1. The van der Waals surface area contributed by atoms with Crippen LogP contribution in [-0.4, -0.2) is 12.4 Å². The second-order valence-electron chi connectivity index (χ2n) is 2.86. The highest BCUT2D eigenvalue weighted by Gasteiger charge is 2.08. The molecule has 1 atom stereocenters. The van der Waals surface area contributed by atoms with Crippen LogP contribution in [0, 0.1) is 11.3 Å². The largest absolute Gasteiger partial charge is 0.374 e. The fraction of sp³-hybridized carbons (Fsp3) is 0.857. The lowest BCUT2D eigenvalue weighted by atomic mass is 10.0. The second kappa shape index (κ2) is 2.85. The number of amidine groups is 1. The maximum Gasteiger partial charge on any atom is 0.0934 e. The molecular formula is C7H14N2. The Morgan fingerprint density at radius 2 is 2.44 bits per heavy atom. The van der Waals surface area contributed by atoms with Crippen LogP contribution in [0.2, 0.25) is 0 Å². The highest BCUT2D eigenvalue weighted by atomic mass is 14.9. The first-order valence-corrected chi connectivity index (χ1v) is 3.60. The quantitative estimate of drug-likeness (QED) is 0.505. The van der Waals surface area contributed by atoms with Crippen LogP contribution in [0.5, 0.6) is 0 Å². The van der Waals surface area contributed by atoms with Gasteiger partial charge in [-0.15, -0.1) is 0 Å². The molecule has 2 N–H and O–H groups in total. The van der Waals surface area contributed by atoms with Crippen molar-refractivity contribution in [2.75, 3.05) is 6.54 Å². The summed E-state index contributed by atoms with van der Waals surface area (Å²) < 4.78 is 0. The summed E-state index contributed by atoms with van der Waals surface area (Å²) in [4.78, 5) is 0. The third-order valence-electron chi connectivity index (χ3n) is 1.76. The number of hydrogen-bond acceptors (Lipinski definition) is 1. The summed E-state index contributed by atoms with van der Waals surface area (Å²) in [6.07, 6.45) is 3.44. The Bertz CT molecular complexity index is 109. The summed E-state index contributed by atoms with van der Waals surface area (Å²) in [5.41, 5.74) is 0. The van der Waals surface area contributed by atoms with E-state index in [2.05, 4.69) is 12.2 Å². The van der Waals surface area contributed by atoms with Crippen molar-refractivity contribution in [2.24, 2.45) is 5.92 Å². The molecular weight excluding hydrogens is 112 g/mol. The summed E-state index contributed by atoms with van der Waals surface area (Å²) in [5.74, 6) is 1.44. The van der Waals surface area contributed by atoms with Gasteiger partial charge in [-0.25, -0.2) is 0 Å². The van der Waals surface area contributed by atoms with Gasteiger partial charge in [0.15, 0.2) is 0 Å². The fourth-order valence-electron chi connectivity index (χ4n) is 1.21. The van der Waals surface area contributed by atoms with Gasteiger partial charge in [-0.3, -0.25) is 5.41 Å². The van der Waals surface area contributed by atoms with E-state index in [9.17, 15) is 0 Å². The average molecular weight is 126 g/mol. The highest BCUT2D eigenvalue weighted by molar-refractivity contribution is 5.79. The van der Waals surface area contributed by atoms with E-state index in [0.717, 1.165) is 18.8 Å². The zero-order valence-electron chi connectivity index (χ0n) is 5.91. The molecule has 0 unspecified atom stereocenters. The van der Waals surface area contributed by atoms with E-state index in [1.165, 1.54) is 12.8 Å². The summed E-state index contributed by atoms with van der Waals surface area (Å²) in [6.45, 7) is 3.21. The van der Waals surface area contributed by atoms with Crippen LogP contribution in [-0.2, 0) is 0 Å². The maximum atomic E-state index is 7.35. The molecule has 1 rings (SSSR count). The summed E-state index contributed by atoms with van der Waals surface area (Å²) >= 11 is 0. The average Bonchev–Trinajstić information content (AvgIpc) is 1.93. The van der Waals surface area contributed by atoms with E-state index in [1.54, 1.807) is 0 Å². The smallest absolute Gasteiger partial charge is 0.0934 e. The molecule has 0 aromatic heterocycles. The summed E-state index contributed by atoms with van der Waals surface area (Å²) in [7, 11) is 0. The molecule has 1 fully saturated rings. The van der Waals surface area contributed by atoms with E-state index < -0.39 is 0 Å². The van der Waals surface area contributed by atoms with Gasteiger partial charge in [0.2, 0.25) is 0 Å². The molecule has 2 nitrogen and oxygen atoms in total. The zero-order valence-corrected chi connectivity index (χ0v) is 5.91. The van der Waals surface area contributed by atoms with Crippen LogP contribution in [0.15, 0.2) is 0 Å². The second-order valence-corrected chi connectivity index (χ2v) is 2.86. The van der Waals surface area contributed by atoms with Crippen LogP contribution in [0.1, 0.15) is 26.2 Å². The van der Waals surface area contributed by atoms with Gasteiger partial charge in [0.25, 0.3) is 0 Å². The molecule has 9 heavy (non-hydrogen) atoms. The first-order chi connectivity index (χ1) is 4.29. The van der Waals surface area contributed by atoms with Crippen LogP contribution < -0.4 is 5.32 Å². The molecule has 1 aliphatic heterocycles. The topological polar surface area (TPSA) is 35.9 Å². The Hall–Kier alpha value is -0.530. The molecule has 0 aliphatic carbocycles. The van der Waals surface area contributed by atoms with Gasteiger partial charge in [-0.1, -0.05) is 6.92 Å². The van der Waals surface area contributed by atoms with Crippen LogP contribution >= 0.6 is 0 Å². The molecule has 1 saturated heterocycles. The molecule has 52 valence electrons. The van der Waals surface area contributed by atoms with Crippen molar-refractivity contribution in [3.05, 3.63) is 0 Å². The van der Waals surface area contributed by atoms with E-state index in [4.69, 9.17) is 5.41 Å². The van der Waals surface area contributed by atoms with E-state index in [-0.39, 0.29) is 0 Å². The predicted octanol–water partition coefficient (Wildman–Crippen LogP) is 1.37. The molecule has 0 radical (unpaired) electrons.